The lowest BCUT2D eigenvalue weighted by Gasteiger charge is -2.31. The summed E-state index contributed by atoms with van der Waals surface area (Å²) in [6.07, 6.45) is 2.81. The lowest BCUT2D eigenvalue weighted by atomic mass is 9.98. The van der Waals surface area contributed by atoms with Crippen molar-refractivity contribution in [3.8, 4) is 0 Å². The van der Waals surface area contributed by atoms with Crippen LogP contribution < -0.4 is 31.9 Å². The van der Waals surface area contributed by atoms with E-state index in [1.54, 1.807) is 30.3 Å². The predicted octanol–water partition coefficient (Wildman–Crippen LogP) is -0.475. The minimum absolute atomic E-state index is 0.00470. The molecule has 0 radical (unpaired) electrons. The second-order valence-electron chi connectivity index (χ2n) is 16.3. The topological polar surface area (TPSA) is 244 Å². The Labute approximate surface area is 331 Å². The predicted molar refractivity (Wildman–Crippen MR) is 206 cm³/mol. The summed E-state index contributed by atoms with van der Waals surface area (Å²) in [5.41, 5.74) is 2.70. The van der Waals surface area contributed by atoms with Crippen molar-refractivity contribution in [3.05, 3.63) is 52.8 Å². The van der Waals surface area contributed by atoms with E-state index in [9.17, 15) is 38.7 Å². The van der Waals surface area contributed by atoms with E-state index in [0.717, 1.165) is 24.1 Å². The van der Waals surface area contributed by atoms with Gasteiger partial charge in [0, 0.05) is 36.3 Å². The lowest BCUT2D eigenvalue weighted by Crippen LogP contribution is -2.61. The molecule has 1 aromatic heterocycles. The van der Waals surface area contributed by atoms with Gasteiger partial charge in [-0.3, -0.25) is 38.7 Å². The van der Waals surface area contributed by atoms with Crippen molar-refractivity contribution in [1.29, 1.82) is 0 Å². The van der Waals surface area contributed by atoms with Gasteiger partial charge in [-0.05, 0) is 70.3 Å². The van der Waals surface area contributed by atoms with Gasteiger partial charge in [-0.15, -0.1) is 0 Å². The van der Waals surface area contributed by atoms with E-state index in [1.807, 2.05) is 13.8 Å². The summed E-state index contributed by atoms with van der Waals surface area (Å²) in [7, 11) is 0. The molecule has 1 saturated carbocycles. The molecule has 17 heteroatoms. The molecule has 8 N–H and O–H groups in total. The Morgan fingerprint density at radius 2 is 1.60 bits per heavy atom. The number of aliphatic hydroxyl groups is 1. The van der Waals surface area contributed by atoms with Gasteiger partial charge < -0.3 is 41.9 Å². The summed E-state index contributed by atoms with van der Waals surface area (Å²) in [6.45, 7) is 6.51. The van der Waals surface area contributed by atoms with Crippen molar-refractivity contribution in [2.45, 2.75) is 134 Å². The average molecular weight is 790 g/mol. The molecule has 3 fully saturated rings. The third kappa shape index (κ3) is 9.63. The minimum atomic E-state index is -1.52. The first-order chi connectivity index (χ1) is 27.2. The van der Waals surface area contributed by atoms with Crippen molar-refractivity contribution in [2.24, 2.45) is 11.8 Å². The zero-order valence-corrected chi connectivity index (χ0v) is 32.9. The molecular formula is C40H55N9O8. The van der Waals surface area contributed by atoms with Crippen LogP contribution in [-0.4, -0.2) is 116 Å². The Morgan fingerprint density at radius 1 is 0.860 bits per heavy atom. The zero-order valence-electron chi connectivity index (χ0n) is 32.9. The third-order valence-corrected chi connectivity index (χ3v) is 11.5. The van der Waals surface area contributed by atoms with Gasteiger partial charge in [0.1, 0.15) is 30.2 Å². The van der Waals surface area contributed by atoms with Crippen LogP contribution in [0.3, 0.4) is 0 Å². The SMILES string of the molecule is CC(C)C[C@@H]1NC(=O)[C@@H]2CCC[C@H]2NC(=O)[C@H](C)NC(=O)C2C[C@@H](NC(=O)c3n[nH]c4c3CCC4)CN2C(=O)[C@H](Cc2ccccc2)NC(=O)[C@H]([C@@H](C)O)NC1=O. The number of aromatic amines is 1. The number of aromatic nitrogens is 2. The van der Waals surface area contributed by atoms with E-state index in [2.05, 4.69) is 42.1 Å². The molecule has 2 aromatic rings. The van der Waals surface area contributed by atoms with Gasteiger partial charge in [0.2, 0.25) is 35.4 Å². The summed E-state index contributed by atoms with van der Waals surface area (Å²) in [6, 6.07) is 1.55. The fourth-order valence-corrected chi connectivity index (χ4v) is 8.48. The fourth-order valence-electron chi connectivity index (χ4n) is 8.48. The van der Waals surface area contributed by atoms with Gasteiger partial charge in [-0.2, -0.15) is 5.10 Å². The number of nitrogens with one attached hydrogen (secondary N) is 7. The van der Waals surface area contributed by atoms with Crippen LogP contribution in [0, 0.1) is 11.8 Å². The average Bonchev–Trinajstić information content (AvgIpc) is 3.98. The van der Waals surface area contributed by atoms with Crippen LogP contribution in [0.4, 0.5) is 0 Å². The summed E-state index contributed by atoms with van der Waals surface area (Å²) >= 11 is 0. The van der Waals surface area contributed by atoms with Gasteiger partial charge in [0.25, 0.3) is 5.91 Å². The van der Waals surface area contributed by atoms with Crippen LogP contribution in [0.1, 0.15) is 93.5 Å². The highest BCUT2D eigenvalue weighted by atomic mass is 16.3. The number of aryl methyl sites for hydroxylation is 1. The maximum atomic E-state index is 14.7. The molecule has 1 aromatic carbocycles. The van der Waals surface area contributed by atoms with Crippen molar-refractivity contribution in [2.75, 3.05) is 6.54 Å². The molecule has 0 spiro atoms. The van der Waals surface area contributed by atoms with Crippen LogP contribution in [0.2, 0.25) is 0 Å². The first kappa shape index (κ1) is 41.3. The van der Waals surface area contributed by atoms with Crippen molar-refractivity contribution >= 4 is 41.4 Å². The molecule has 1 unspecified atom stereocenters. The number of amides is 7. The number of H-pyrrole nitrogens is 1. The first-order valence-electron chi connectivity index (χ1n) is 20.1. The van der Waals surface area contributed by atoms with Gasteiger partial charge in [-0.1, -0.05) is 50.6 Å². The molecule has 17 nitrogen and oxygen atoms in total. The highest BCUT2D eigenvalue weighted by Crippen LogP contribution is 2.28. The Kier molecular flexibility index (Phi) is 12.9. The van der Waals surface area contributed by atoms with Gasteiger partial charge in [-0.25, -0.2) is 0 Å². The minimum Gasteiger partial charge on any atom is -0.391 e. The van der Waals surface area contributed by atoms with Crippen LogP contribution in [-0.2, 0) is 48.0 Å². The van der Waals surface area contributed by atoms with Gasteiger partial charge >= 0.3 is 0 Å². The molecule has 7 amide bonds. The Balaban J connectivity index is 1.34. The second kappa shape index (κ2) is 17.9. The maximum absolute atomic E-state index is 14.7. The van der Waals surface area contributed by atoms with E-state index >= 15 is 0 Å². The number of aliphatic hydroxyl groups excluding tert-OH is 1. The number of fused-ring (bicyclic) bond motifs is 3. The van der Waals surface area contributed by atoms with Crippen molar-refractivity contribution in [3.63, 3.8) is 0 Å². The van der Waals surface area contributed by atoms with E-state index in [1.165, 1.54) is 18.7 Å². The smallest absolute Gasteiger partial charge is 0.272 e. The first-order valence-corrected chi connectivity index (χ1v) is 20.1. The number of hydrogen-bond acceptors (Lipinski definition) is 9. The van der Waals surface area contributed by atoms with Crippen molar-refractivity contribution < 1.29 is 38.7 Å². The van der Waals surface area contributed by atoms with Gasteiger partial charge in [0.05, 0.1) is 12.0 Å². The standard InChI is InChI=1S/C40H55N9O8/c1-20(2)16-29-36(53)46-32(22(4)50)38(55)45-30(17-23-10-6-5-7-11-23)40(57)49-19-24(42-39(56)33-25-12-8-15-28(25)47-48-33)18-31(49)37(54)41-21(3)34(51)43-27-14-9-13-26(27)35(52)44-29/h5-7,10-11,20-22,24,26-27,29-32,50H,8-9,12-19H2,1-4H3,(H,41,54)(H,42,56)(H,43,51)(H,44,52)(H,45,55)(H,46,53)(H,47,48)/t21-,22+,24+,26+,27+,29-,30-,31?,32-/m0/s1. The molecule has 57 heavy (non-hydrogen) atoms. The summed E-state index contributed by atoms with van der Waals surface area (Å²) in [5, 5.41) is 34.8. The van der Waals surface area contributed by atoms with Crippen LogP contribution in [0.15, 0.2) is 30.3 Å². The van der Waals surface area contributed by atoms with Crippen molar-refractivity contribution in [1.82, 2.24) is 47.0 Å². The van der Waals surface area contributed by atoms with Crippen LogP contribution in [0.25, 0.3) is 0 Å². The number of nitrogens with zero attached hydrogens (tertiary/aromatic N) is 2. The monoisotopic (exact) mass is 789 g/mol. The van der Waals surface area contributed by atoms with Gasteiger partial charge in [0.15, 0.2) is 5.69 Å². The molecule has 3 heterocycles. The molecule has 2 saturated heterocycles. The summed E-state index contributed by atoms with van der Waals surface area (Å²) in [5.74, 6) is -4.93. The highest BCUT2D eigenvalue weighted by Gasteiger charge is 2.45. The number of rotatable bonds is 7. The number of benzene rings is 1. The summed E-state index contributed by atoms with van der Waals surface area (Å²) in [4.78, 5) is 98.8. The Morgan fingerprint density at radius 3 is 2.32 bits per heavy atom. The maximum Gasteiger partial charge on any atom is 0.272 e. The molecule has 6 rings (SSSR count). The second-order valence-corrected chi connectivity index (χ2v) is 16.3. The third-order valence-electron chi connectivity index (χ3n) is 11.5. The number of carbonyl (C=O) groups excluding carboxylic acids is 7. The Bertz CT molecular complexity index is 1850. The van der Waals surface area contributed by atoms with E-state index in [0.29, 0.717) is 31.2 Å². The van der Waals surface area contributed by atoms with E-state index < -0.39 is 95.7 Å². The molecule has 308 valence electrons. The lowest BCUT2D eigenvalue weighted by molar-refractivity contribution is -0.143. The number of carbonyl (C=O) groups is 7. The summed E-state index contributed by atoms with van der Waals surface area (Å²) < 4.78 is 0. The molecule has 0 bridgehead atoms. The van der Waals surface area contributed by atoms with Crippen LogP contribution in [0.5, 0.6) is 0 Å². The molecule has 2 aliphatic carbocycles. The molecule has 4 aliphatic rings. The zero-order chi connectivity index (χ0) is 41.0. The fraction of sp³-hybridized carbons (Fsp3) is 0.600. The van der Waals surface area contributed by atoms with E-state index in [4.69, 9.17) is 0 Å². The molecule has 2 aliphatic heterocycles. The normalized spacial score (nSPS) is 29.4. The Hall–Kier alpha value is -5.32. The number of hydrogen-bond donors (Lipinski definition) is 8. The highest BCUT2D eigenvalue weighted by molar-refractivity contribution is 5.98. The van der Waals surface area contributed by atoms with E-state index in [-0.39, 0.29) is 37.4 Å². The molecular weight excluding hydrogens is 734 g/mol. The van der Waals surface area contributed by atoms with Crippen LogP contribution >= 0.6 is 0 Å². The molecule has 9 atom stereocenters. The quantitative estimate of drug-likeness (QED) is 0.181. The largest absolute Gasteiger partial charge is 0.391 e.